The molecule has 9 aliphatic rings. The fraction of sp³-hybridized carbons (Fsp3) is 0.516. The number of esters is 2. The third kappa shape index (κ3) is 19.6. The van der Waals surface area contributed by atoms with E-state index in [0.29, 0.717) is 63.4 Å². The maximum Gasteiger partial charge on any atom is 0.454 e. The standard InChI is InChI=1S/C33H41N3O4.C31H38N2O3.C28H33BrN2O3.C3H7BO2/c1-21(22-8-12-24(13-9-22)30(39)34-19-16-28(37)38)36-31(40)29(26-7-5-6-25(20-26)23-10-11-23)35-33(36)17-14-27(15-18-33)32(2,3)4;1-20(21-9-13-23(14-10-21)29(35)36-5)33-28(34)27(25-8-6-7-24(19-25)22-11-12-22)32-31(33)17-15-26(16-18-31)30(2,3)4;1-18(19-9-11-20(12-10-19)26(33)34-5)31-25(32)24(21-7-6-8-23(29)17-21)30-28(31)15-13-22(14-16-28)27(2,3)4;5-4(6)3-1-2-3/h5-9,12-13,20-21,23,27H,10-11,14-19H2,1-4H3,(H,34,39)(H,37,38);6-10,13-14,19-20,22,26H,11-12,15-18H2,1-5H3;6-12,17-18,22H,13-16H2,1-5H3;3,5-6H,1-2H2/t21-,27?,33?;20-,26?,31?;18-,22?,28?;/m111./s1. The van der Waals surface area contributed by atoms with Crippen molar-refractivity contribution >= 4 is 81.7 Å². The number of aliphatic carboxylic acids is 1. The highest BCUT2D eigenvalue weighted by molar-refractivity contribution is 9.10. The van der Waals surface area contributed by atoms with Crippen molar-refractivity contribution in [1.82, 2.24) is 20.0 Å². The van der Waals surface area contributed by atoms with Crippen molar-refractivity contribution in [2.45, 2.75) is 258 Å². The highest BCUT2D eigenvalue weighted by Gasteiger charge is 2.56. The predicted molar refractivity (Wildman–Crippen MR) is 459 cm³/mol. The van der Waals surface area contributed by atoms with Crippen molar-refractivity contribution in [2.75, 3.05) is 20.8 Å². The van der Waals surface area contributed by atoms with E-state index in [-0.39, 0.29) is 88.7 Å². The molecule has 3 heterocycles. The van der Waals surface area contributed by atoms with Crippen LogP contribution in [0.15, 0.2) is 165 Å². The predicted octanol–water partition coefficient (Wildman–Crippen LogP) is 19.0. The fourth-order valence-electron chi connectivity index (χ4n) is 18.4. The number of nitrogens with zero attached hydrogens (tertiary/aromatic N) is 6. The average molecular weight is 1640 g/mol. The molecule has 6 saturated carbocycles. The number of methoxy groups -OCH3 is 2. The second-order valence-electron chi connectivity index (χ2n) is 37.1. The summed E-state index contributed by atoms with van der Waals surface area (Å²) in [7, 11) is 1.72. The van der Waals surface area contributed by atoms with Crippen LogP contribution in [0.1, 0.15) is 311 Å². The van der Waals surface area contributed by atoms with Gasteiger partial charge in [-0.05, 0) is 264 Å². The summed E-state index contributed by atoms with van der Waals surface area (Å²) in [5.74, 6) is 1.22. The molecule has 3 aliphatic heterocycles. The molecular weight excluding hydrogens is 1520 g/mol. The smallest absolute Gasteiger partial charge is 0.454 e. The summed E-state index contributed by atoms with van der Waals surface area (Å²) >= 11 is 3.53. The van der Waals surface area contributed by atoms with Gasteiger partial charge >= 0.3 is 25.0 Å². The number of carbonyl (C=O) groups is 7. The Kier molecular flexibility index (Phi) is 26.3. The minimum Gasteiger partial charge on any atom is -0.481 e. The van der Waals surface area contributed by atoms with E-state index in [1.807, 2.05) is 93.6 Å². The first kappa shape index (κ1) is 86.4. The van der Waals surface area contributed by atoms with Crippen molar-refractivity contribution in [1.29, 1.82) is 0 Å². The van der Waals surface area contributed by atoms with E-state index >= 15 is 0 Å². The van der Waals surface area contributed by atoms with Gasteiger partial charge in [-0.2, -0.15) is 0 Å². The highest BCUT2D eigenvalue weighted by atomic mass is 79.9. The molecule has 6 aromatic rings. The topological polar surface area (TPSA) is 257 Å². The Hall–Kier alpha value is -8.92. The van der Waals surface area contributed by atoms with E-state index in [2.05, 4.69) is 135 Å². The minimum atomic E-state index is -1.04. The molecular formula is C95H119BBrN7O12. The molecule has 616 valence electrons. The van der Waals surface area contributed by atoms with Gasteiger partial charge in [-0.15, -0.1) is 0 Å². The van der Waals surface area contributed by atoms with E-state index in [1.165, 1.54) is 51.0 Å². The zero-order valence-corrected chi connectivity index (χ0v) is 71.9. The molecule has 6 aromatic carbocycles. The molecule has 0 bridgehead atoms. The molecule has 0 unspecified atom stereocenters. The third-order valence-electron chi connectivity index (χ3n) is 26.2. The number of aliphatic imine (C=N–C) groups is 3. The van der Waals surface area contributed by atoms with Crippen LogP contribution >= 0.6 is 15.9 Å². The number of rotatable bonds is 18. The second kappa shape index (κ2) is 35.3. The Balaban J connectivity index is 0.000000155. The zero-order valence-electron chi connectivity index (χ0n) is 70.3. The van der Waals surface area contributed by atoms with Crippen LogP contribution in [0.5, 0.6) is 0 Å². The maximum absolute atomic E-state index is 14.2. The average Bonchev–Trinajstić information content (AvgIpc) is 1.59. The number of carboxylic acids is 1. The summed E-state index contributed by atoms with van der Waals surface area (Å²) < 4.78 is 10.6. The van der Waals surface area contributed by atoms with E-state index in [9.17, 15) is 33.6 Å². The maximum atomic E-state index is 14.2. The molecule has 3 atom stereocenters. The van der Waals surface area contributed by atoms with Gasteiger partial charge in [-0.1, -0.05) is 176 Å². The Morgan fingerprint density at radius 1 is 0.466 bits per heavy atom. The number of hydrogen-bond donors (Lipinski definition) is 4. The second-order valence-corrected chi connectivity index (χ2v) is 38.0. The van der Waals surface area contributed by atoms with Gasteiger partial charge in [0.05, 0.1) is 49.9 Å². The molecule has 0 aromatic heterocycles. The van der Waals surface area contributed by atoms with Gasteiger partial charge in [0.25, 0.3) is 23.6 Å². The summed E-state index contributed by atoms with van der Waals surface area (Å²) in [6.45, 7) is 27.0. The van der Waals surface area contributed by atoms with E-state index in [0.717, 1.165) is 128 Å². The molecule has 0 radical (unpaired) electrons. The lowest BCUT2D eigenvalue weighted by atomic mass is 9.69. The molecule has 19 nitrogen and oxygen atoms in total. The first-order valence-electron chi connectivity index (χ1n) is 42.1. The van der Waals surface area contributed by atoms with Crippen molar-refractivity contribution in [2.24, 2.45) is 49.0 Å². The molecule has 3 spiro atoms. The highest BCUT2D eigenvalue weighted by Crippen LogP contribution is 2.54. The van der Waals surface area contributed by atoms with Crippen LogP contribution in [0, 0.1) is 34.0 Å². The Labute approximate surface area is 694 Å². The molecule has 15 rings (SSSR count). The molecule has 0 saturated heterocycles. The van der Waals surface area contributed by atoms with Gasteiger partial charge in [-0.25, -0.2) is 9.59 Å². The lowest BCUT2D eigenvalue weighted by molar-refractivity contribution is -0.137. The molecule has 21 heteroatoms. The van der Waals surface area contributed by atoms with Gasteiger partial charge in [0, 0.05) is 33.3 Å². The number of amides is 4. The lowest BCUT2D eigenvalue weighted by Crippen LogP contribution is -2.50. The number of ether oxygens (including phenoxy) is 2. The SMILES string of the molecule is COC(=O)c1ccc([C@@H](C)N2C(=O)C(c3cccc(Br)c3)=NC23CCC(C(C)(C)C)CC3)cc1.COC(=O)c1ccc([C@@H](C)N2C(=O)C(c3cccc(C4CC4)c3)=NC23CCC(C(C)(C)C)CC3)cc1.C[C@H](c1ccc(C(=O)NCCC(=O)O)cc1)N1C(=O)C(c2cccc(C3CC3)c2)=NC12CCC(C(C)(C)C)CC2.OB(O)C1CC1. The number of carboxylic acid groups (broad SMARTS) is 1. The van der Waals surface area contributed by atoms with Crippen LogP contribution < -0.4 is 5.32 Å². The van der Waals surface area contributed by atoms with Gasteiger partial charge in [0.15, 0.2) is 0 Å². The van der Waals surface area contributed by atoms with Gasteiger partial charge < -0.3 is 44.6 Å². The summed E-state index contributed by atoms with van der Waals surface area (Å²) in [6.07, 6.45) is 18.1. The number of nitrogens with one attached hydrogen (secondary N) is 1. The largest absolute Gasteiger partial charge is 0.481 e. The van der Waals surface area contributed by atoms with Crippen molar-refractivity contribution in [3.8, 4) is 0 Å². The summed E-state index contributed by atoms with van der Waals surface area (Å²) in [5, 5.41) is 28.0. The summed E-state index contributed by atoms with van der Waals surface area (Å²) in [6, 6.07) is 46.1. The quantitative estimate of drug-likeness (QED) is 0.0463. The van der Waals surface area contributed by atoms with E-state index in [1.54, 1.807) is 36.4 Å². The molecule has 6 fully saturated rings. The van der Waals surface area contributed by atoms with Gasteiger partial charge in [0.2, 0.25) is 0 Å². The molecule has 116 heavy (non-hydrogen) atoms. The molecule has 4 N–H and O–H groups in total. The Bertz CT molecular complexity index is 4670. The number of halogens is 1. The Morgan fingerprint density at radius 3 is 1.04 bits per heavy atom. The number of hydrogen-bond acceptors (Lipinski definition) is 14. The normalized spacial score (nSPS) is 24.0. The van der Waals surface area contributed by atoms with Crippen LogP contribution in [0.2, 0.25) is 5.82 Å². The number of carbonyl (C=O) groups excluding carboxylic acids is 6. The van der Waals surface area contributed by atoms with Crippen LogP contribution in [0.25, 0.3) is 0 Å². The monoisotopic (exact) mass is 1640 g/mol. The van der Waals surface area contributed by atoms with Crippen LogP contribution in [-0.4, -0.2) is 133 Å². The lowest BCUT2D eigenvalue weighted by Gasteiger charge is -2.46. The fourth-order valence-corrected chi connectivity index (χ4v) is 18.8. The minimum absolute atomic E-state index is 0.0155. The van der Waals surface area contributed by atoms with Crippen molar-refractivity contribution < 1.29 is 58.2 Å². The molecule has 6 aliphatic carbocycles. The van der Waals surface area contributed by atoms with Gasteiger partial charge in [-0.3, -0.25) is 38.9 Å². The van der Waals surface area contributed by atoms with Gasteiger partial charge in [0.1, 0.15) is 34.1 Å². The van der Waals surface area contributed by atoms with E-state index < -0.39 is 30.1 Å². The van der Waals surface area contributed by atoms with Crippen LogP contribution in [0.3, 0.4) is 0 Å². The Morgan fingerprint density at radius 2 is 0.776 bits per heavy atom. The van der Waals surface area contributed by atoms with Crippen molar-refractivity contribution in [3.63, 3.8) is 0 Å². The molecule has 4 amide bonds. The van der Waals surface area contributed by atoms with Crippen molar-refractivity contribution in [3.05, 3.63) is 211 Å². The van der Waals surface area contributed by atoms with Crippen LogP contribution in [0.4, 0.5) is 0 Å². The summed E-state index contributed by atoms with van der Waals surface area (Å²) in [5.41, 5.74) is 10.4. The summed E-state index contributed by atoms with van der Waals surface area (Å²) in [4.78, 5) is 111. The number of benzene rings is 6. The van der Waals surface area contributed by atoms with Crippen LogP contribution in [-0.2, 0) is 28.7 Å². The third-order valence-corrected chi connectivity index (χ3v) is 26.7. The zero-order chi connectivity index (χ0) is 83.6. The van der Waals surface area contributed by atoms with E-state index in [4.69, 9.17) is 39.6 Å². The first-order chi connectivity index (χ1) is 55.0. The first-order valence-corrected chi connectivity index (χ1v) is 42.9.